The van der Waals surface area contributed by atoms with Gasteiger partial charge in [-0.2, -0.15) is 0 Å². The van der Waals surface area contributed by atoms with Crippen LogP contribution < -0.4 is 5.19 Å². The van der Waals surface area contributed by atoms with Crippen molar-refractivity contribution in [1.82, 2.24) is 0 Å². The molecule has 0 fully saturated rings. The summed E-state index contributed by atoms with van der Waals surface area (Å²) < 4.78 is 0. The number of rotatable bonds is 8. The fraction of sp³-hybridized carbons (Fsp3) is 0.412. The largest absolute Gasteiger partial charge is 0.393 e. The number of aliphatic hydroxyl groups excluding tert-OH is 1. The summed E-state index contributed by atoms with van der Waals surface area (Å²) in [4.78, 5) is 0. The van der Waals surface area contributed by atoms with Crippen molar-refractivity contribution in [3.05, 3.63) is 55.6 Å². The van der Waals surface area contributed by atoms with Gasteiger partial charge < -0.3 is 5.11 Å². The van der Waals surface area contributed by atoms with E-state index in [2.05, 4.69) is 50.5 Å². The quantitative estimate of drug-likeness (QED) is 0.433. The third kappa shape index (κ3) is 4.18. The number of hydrogen-bond acceptors (Lipinski definition) is 1. The lowest BCUT2D eigenvalue weighted by Crippen LogP contribution is -2.49. The van der Waals surface area contributed by atoms with Crippen molar-refractivity contribution in [2.24, 2.45) is 0 Å². The van der Waals surface area contributed by atoms with Gasteiger partial charge in [0.15, 0.2) is 0 Å². The molecule has 1 nitrogen and oxygen atoms in total. The van der Waals surface area contributed by atoms with E-state index < -0.39 is 8.07 Å². The molecule has 0 bridgehead atoms. The van der Waals surface area contributed by atoms with Gasteiger partial charge in [-0.05, 0) is 19.3 Å². The van der Waals surface area contributed by atoms with E-state index in [0.29, 0.717) is 0 Å². The van der Waals surface area contributed by atoms with Crippen LogP contribution in [0.15, 0.2) is 55.6 Å². The molecule has 1 rings (SSSR count). The first kappa shape index (κ1) is 15.9. The zero-order chi connectivity index (χ0) is 14.3. The summed E-state index contributed by atoms with van der Waals surface area (Å²) in [6, 6.07) is 10.6. The molecule has 0 spiro atoms. The van der Waals surface area contributed by atoms with E-state index in [1.165, 1.54) is 5.19 Å². The number of aliphatic hydroxyl groups is 1. The molecule has 0 radical (unpaired) electrons. The maximum atomic E-state index is 10.5. The Morgan fingerprint density at radius 1 is 1.21 bits per heavy atom. The Morgan fingerprint density at radius 2 is 1.84 bits per heavy atom. The Morgan fingerprint density at radius 3 is 2.37 bits per heavy atom. The predicted octanol–water partition coefficient (Wildman–Crippen LogP) is 3.88. The van der Waals surface area contributed by atoms with Gasteiger partial charge in [-0.1, -0.05) is 60.8 Å². The van der Waals surface area contributed by atoms with Crippen molar-refractivity contribution in [2.75, 3.05) is 0 Å². The molecule has 1 aromatic rings. The van der Waals surface area contributed by atoms with Crippen molar-refractivity contribution in [1.29, 1.82) is 0 Å². The minimum Gasteiger partial charge on any atom is -0.393 e. The molecule has 0 aliphatic carbocycles. The van der Waals surface area contributed by atoms with E-state index in [0.717, 1.165) is 19.3 Å². The summed E-state index contributed by atoms with van der Waals surface area (Å²) in [7, 11) is -1.73. The number of allylic oxidation sites excluding steroid dienone is 1. The van der Waals surface area contributed by atoms with Crippen LogP contribution in [0.2, 0.25) is 18.6 Å². The van der Waals surface area contributed by atoms with Gasteiger partial charge in [0.1, 0.15) is 0 Å². The van der Waals surface area contributed by atoms with Crippen LogP contribution in [0.3, 0.4) is 0 Å². The molecule has 19 heavy (non-hydrogen) atoms. The molecule has 2 heteroatoms. The van der Waals surface area contributed by atoms with Crippen molar-refractivity contribution in [3.63, 3.8) is 0 Å². The lowest BCUT2D eigenvalue weighted by molar-refractivity contribution is 0.163. The molecule has 0 aliphatic heterocycles. The Kier molecular flexibility index (Phi) is 6.26. The maximum Gasteiger partial charge on any atom is 0.0901 e. The molecular formula is C17H26OSi. The smallest absolute Gasteiger partial charge is 0.0901 e. The van der Waals surface area contributed by atoms with E-state index >= 15 is 0 Å². The van der Waals surface area contributed by atoms with Gasteiger partial charge in [0.2, 0.25) is 0 Å². The second-order valence-corrected chi connectivity index (χ2v) is 10.3. The van der Waals surface area contributed by atoms with Crippen LogP contribution in [0.1, 0.15) is 19.3 Å². The summed E-state index contributed by atoms with van der Waals surface area (Å²) in [6.07, 6.45) is 6.36. The molecule has 0 saturated heterocycles. The Balaban J connectivity index is 2.83. The van der Waals surface area contributed by atoms with Gasteiger partial charge in [-0.3, -0.25) is 0 Å². The average Bonchev–Trinajstić information content (AvgIpc) is 2.40. The van der Waals surface area contributed by atoms with E-state index in [-0.39, 0.29) is 11.6 Å². The lowest BCUT2D eigenvalue weighted by atomic mass is 10.1. The zero-order valence-corrected chi connectivity index (χ0v) is 13.2. The minimum atomic E-state index is -1.73. The fourth-order valence-corrected chi connectivity index (χ4v) is 5.80. The molecule has 2 atom stereocenters. The van der Waals surface area contributed by atoms with Gasteiger partial charge in [-0.15, -0.1) is 13.2 Å². The standard InChI is InChI=1S/C17H26OSi/c1-5-7-9-14-16(18)17(6-2)19(3,4)15-12-10-8-11-13-15/h5-6,8,10-13,16-18H,1-2,7,9,14H2,3-4H3/t16-,17+/m1/s1. The Hall–Kier alpha value is -1.12. The minimum absolute atomic E-state index is 0.194. The number of benzene rings is 1. The monoisotopic (exact) mass is 274 g/mol. The zero-order valence-electron chi connectivity index (χ0n) is 12.2. The SMILES string of the molecule is C=CCCC[C@@H](O)[C@H](C=C)[Si](C)(C)c1ccccc1. The first-order valence-corrected chi connectivity index (χ1v) is 10.1. The van der Waals surface area contributed by atoms with Crippen LogP contribution in [0.5, 0.6) is 0 Å². The van der Waals surface area contributed by atoms with E-state index in [1.54, 1.807) is 0 Å². The third-order valence-electron chi connectivity index (χ3n) is 3.93. The Bertz CT molecular complexity index is 397. The summed E-state index contributed by atoms with van der Waals surface area (Å²) in [5.74, 6) is 0. The van der Waals surface area contributed by atoms with E-state index in [9.17, 15) is 5.11 Å². The molecule has 0 aromatic heterocycles. The highest BCUT2D eigenvalue weighted by atomic mass is 28.3. The normalized spacial score (nSPS) is 14.7. The molecule has 0 saturated carbocycles. The molecule has 0 amide bonds. The van der Waals surface area contributed by atoms with Crippen LogP contribution in [-0.4, -0.2) is 19.3 Å². The lowest BCUT2D eigenvalue weighted by Gasteiger charge is -2.34. The predicted molar refractivity (Wildman–Crippen MR) is 87.6 cm³/mol. The molecule has 1 aromatic carbocycles. The molecule has 0 aliphatic rings. The van der Waals surface area contributed by atoms with Crippen molar-refractivity contribution in [3.8, 4) is 0 Å². The summed E-state index contributed by atoms with van der Waals surface area (Å²) in [5, 5.41) is 11.8. The molecule has 104 valence electrons. The highest BCUT2D eigenvalue weighted by Crippen LogP contribution is 2.29. The summed E-state index contributed by atoms with van der Waals surface area (Å²) in [6.45, 7) is 12.3. The highest BCUT2D eigenvalue weighted by Gasteiger charge is 2.35. The van der Waals surface area contributed by atoms with Crippen LogP contribution >= 0.6 is 0 Å². The first-order chi connectivity index (χ1) is 9.04. The molecule has 1 N–H and O–H groups in total. The molecule has 0 unspecified atom stereocenters. The van der Waals surface area contributed by atoms with E-state index in [4.69, 9.17) is 0 Å². The van der Waals surface area contributed by atoms with Crippen LogP contribution in [0, 0.1) is 0 Å². The average molecular weight is 274 g/mol. The fourth-order valence-electron chi connectivity index (χ4n) is 2.64. The van der Waals surface area contributed by atoms with Crippen LogP contribution in [-0.2, 0) is 0 Å². The second-order valence-electron chi connectivity index (χ2n) is 5.64. The van der Waals surface area contributed by atoms with Gasteiger partial charge in [-0.25, -0.2) is 0 Å². The molecule has 0 heterocycles. The Labute approximate surface area is 118 Å². The second kappa shape index (κ2) is 7.46. The topological polar surface area (TPSA) is 20.2 Å². The van der Waals surface area contributed by atoms with Gasteiger partial charge >= 0.3 is 0 Å². The van der Waals surface area contributed by atoms with Crippen LogP contribution in [0.25, 0.3) is 0 Å². The maximum absolute atomic E-state index is 10.5. The number of hydrogen-bond donors (Lipinski definition) is 1. The summed E-state index contributed by atoms with van der Waals surface area (Å²) in [5.41, 5.74) is 0.194. The third-order valence-corrected chi connectivity index (χ3v) is 8.04. The summed E-state index contributed by atoms with van der Waals surface area (Å²) >= 11 is 0. The highest BCUT2D eigenvalue weighted by molar-refractivity contribution is 6.91. The van der Waals surface area contributed by atoms with Gasteiger partial charge in [0.05, 0.1) is 14.2 Å². The molecular weight excluding hydrogens is 248 g/mol. The first-order valence-electron chi connectivity index (χ1n) is 7.01. The van der Waals surface area contributed by atoms with Crippen LogP contribution in [0.4, 0.5) is 0 Å². The van der Waals surface area contributed by atoms with Gasteiger partial charge in [0, 0.05) is 5.54 Å². The van der Waals surface area contributed by atoms with E-state index in [1.807, 2.05) is 18.2 Å². The van der Waals surface area contributed by atoms with Crippen molar-refractivity contribution < 1.29 is 5.11 Å². The van der Waals surface area contributed by atoms with Crippen molar-refractivity contribution >= 4 is 13.3 Å². The number of unbranched alkanes of at least 4 members (excludes halogenated alkanes) is 1. The van der Waals surface area contributed by atoms with Gasteiger partial charge in [0.25, 0.3) is 0 Å². The van der Waals surface area contributed by atoms with Crippen molar-refractivity contribution in [2.45, 2.75) is 44.0 Å².